The van der Waals surface area contributed by atoms with Crippen molar-refractivity contribution in [2.24, 2.45) is 0 Å². The Hall–Kier alpha value is -1.33. The summed E-state index contributed by atoms with van der Waals surface area (Å²) in [5, 5.41) is 2.32. The van der Waals surface area contributed by atoms with Crippen molar-refractivity contribution in [2.75, 3.05) is 26.0 Å². The third kappa shape index (κ3) is 9.58. The minimum Gasteiger partial charge on any atom is -0.461 e. The van der Waals surface area contributed by atoms with Gasteiger partial charge in [0.1, 0.15) is 11.3 Å². The number of hydrogen-bond donors (Lipinski definition) is 1. The summed E-state index contributed by atoms with van der Waals surface area (Å²) in [5.41, 5.74) is -0.812. The molecule has 0 saturated heterocycles. The highest BCUT2D eigenvalue weighted by Crippen LogP contribution is 2.42. The van der Waals surface area contributed by atoms with E-state index in [1.165, 1.54) is 12.7 Å². The smallest absolute Gasteiger partial charge is 0.412 e. The first-order chi connectivity index (χ1) is 10.0. The fourth-order valence-corrected chi connectivity index (χ4v) is 2.56. The Bertz CT molecular complexity index is 466. The lowest BCUT2D eigenvalue weighted by Crippen LogP contribution is -2.34. The number of hydrogen-bond acceptors (Lipinski definition) is 6. The second-order valence-corrected chi connectivity index (χ2v) is 8.23. The molecule has 0 heterocycles. The first-order valence-corrected chi connectivity index (χ1v) is 9.34. The molecule has 0 bridgehead atoms. The number of amides is 1. The predicted molar refractivity (Wildman–Crippen MR) is 84.1 cm³/mol. The molecule has 128 valence electrons. The molecule has 0 rings (SSSR count). The monoisotopic (exact) mass is 335 g/mol. The van der Waals surface area contributed by atoms with Crippen molar-refractivity contribution in [3.63, 3.8) is 0 Å². The summed E-state index contributed by atoms with van der Waals surface area (Å²) < 4.78 is 27.1. The van der Waals surface area contributed by atoms with Gasteiger partial charge < -0.3 is 14.0 Å². The molecule has 0 aliphatic rings. The minimum atomic E-state index is -2.87. The molecule has 0 aliphatic heterocycles. The molecule has 1 amide bonds. The van der Waals surface area contributed by atoms with E-state index in [0.717, 1.165) is 0 Å². The van der Waals surface area contributed by atoms with Gasteiger partial charge in [0, 0.05) is 12.8 Å². The van der Waals surface area contributed by atoms with Crippen LogP contribution in [0.4, 0.5) is 4.79 Å². The van der Waals surface area contributed by atoms with Gasteiger partial charge in [-0.25, -0.2) is 9.59 Å². The average Bonchev–Trinajstić information content (AvgIpc) is 2.32. The number of nitrogens with one attached hydrogen (secondary N) is 1. The summed E-state index contributed by atoms with van der Waals surface area (Å²) in [6, 6.07) is 0. The van der Waals surface area contributed by atoms with Gasteiger partial charge in [-0.3, -0.25) is 9.88 Å². The van der Waals surface area contributed by atoms with E-state index in [-0.39, 0.29) is 18.5 Å². The standard InChI is InChI=1S/C14H26NO6P/c1-7-19-12(16)11(9-10-22(6,18)20-8-2)15-13(17)21-14(3,4)5/h9H,7-8,10H2,1-6H3,(H,15,17)/b11-9-. The molecular weight excluding hydrogens is 309 g/mol. The molecule has 0 aromatic carbocycles. The van der Waals surface area contributed by atoms with Gasteiger partial charge in [-0.15, -0.1) is 0 Å². The van der Waals surface area contributed by atoms with Crippen LogP contribution in [0.1, 0.15) is 34.6 Å². The molecule has 8 heteroatoms. The van der Waals surface area contributed by atoms with E-state index in [1.807, 2.05) is 0 Å². The van der Waals surface area contributed by atoms with E-state index in [1.54, 1.807) is 34.6 Å². The highest BCUT2D eigenvalue weighted by atomic mass is 31.2. The van der Waals surface area contributed by atoms with Crippen molar-refractivity contribution in [3.8, 4) is 0 Å². The van der Waals surface area contributed by atoms with Crippen molar-refractivity contribution in [2.45, 2.75) is 40.2 Å². The first kappa shape index (κ1) is 20.7. The van der Waals surface area contributed by atoms with Crippen molar-refractivity contribution >= 4 is 19.4 Å². The van der Waals surface area contributed by atoms with E-state index >= 15 is 0 Å². The second kappa shape index (κ2) is 8.96. The van der Waals surface area contributed by atoms with Gasteiger partial charge in [0.2, 0.25) is 7.37 Å². The number of esters is 1. The molecular formula is C14H26NO6P. The zero-order valence-corrected chi connectivity index (χ0v) is 15.0. The summed E-state index contributed by atoms with van der Waals surface area (Å²) in [4.78, 5) is 23.6. The van der Waals surface area contributed by atoms with Crippen LogP contribution in [0, 0.1) is 0 Å². The zero-order chi connectivity index (χ0) is 17.4. The molecule has 7 nitrogen and oxygen atoms in total. The second-order valence-electron chi connectivity index (χ2n) is 5.58. The van der Waals surface area contributed by atoms with Crippen LogP contribution < -0.4 is 5.32 Å². The van der Waals surface area contributed by atoms with Crippen LogP contribution in [0.25, 0.3) is 0 Å². The highest BCUT2D eigenvalue weighted by molar-refractivity contribution is 7.58. The molecule has 0 aromatic heterocycles. The molecule has 1 atom stereocenters. The van der Waals surface area contributed by atoms with Crippen LogP contribution in [-0.2, 0) is 23.4 Å². The van der Waals surface area contributed by atoms with E-state index < -0.39 is 25.0 Å². The van der Waals surface area contributed by atoms with Gasteiger partial charge in [-0.05, 0) is 40.7 Å². The summed E-state index contributed by atoms with van der Waals surface area (Å²) >= 11 is 0. The molecule has 0 radical (unpaired) electrons. The van der Waals surface area contributed by atoms with Crippen molar-refractivity contribution in [1.82, 2.24) is 5.32 Å². The number of allylic oxidation sites excluding steroid dienone is 1. The minimum absolute atomic E-state index is 0.00475. The maximum Gasteiger partial charge on any atom is 0.412 e. The van der Waals surface area contributed by atoms with Crippen molar-refractivity contribution < 1.29 is 28.2 Å². The summed E-state index contributed by atoms with van der Waals surface area (Å²) in [7, 11) is -2.87. The lowest BCUT2D eigenvalue weighted by atomic mass is 10.2. The lowest BCUT2D eigenvalue weighted by molar-refractivity contribution is -0.139. The Balaban J connectivity index is 5.02. The Labute approximate surface area is 131 Å². The fourth-order valence-electron chi connectivity index (χ4n) is 1.39. The maximum atomic E-state index is 12.1. The zero-order valence-electron chi connectivity index (χ0n) is 14.1. The fraction of sp³-hybridized carbons (Fsp3) is 0.714. The van der Waals surface area contributed by atoms with Crippen LogP contribution in [-0.4, -0.2) is 43.7 Å². The number of carbonyl (C=O) groups excluding carboxylic acids is 2. The lowest BCUT2D eigenvalue weighted by Gasteiger charge is -2.20. The molecule has 0 aliphatic carbocycles. The Kier molecular flexibility index (Phi) is 8.41. The van der Waals surface area contributed by atoms with E-state index in [4.69, 9.17) is 14.0 Å². The normalized spacial score (nSPS) is 14.9. The predicted octanol–water partition coefficient (Wildman–Crippen LogP) is 2.90. The molecule has 0 aromatic rings. The number of rotatable bonds is 7. The third-order valence-corrected chi connectivity index (χ3v) is 3.81. The maximum absolute atomic E-state index is 12.1. The van der Waals surface area contributed by atoms with Gasteiger partial charge in [0.25, 0.3) is 0 Å². The molecule has 1 unspecified atom stereocenters. The SMILES string of the molecule is CCOC(=O)/C(=C/CP(C)(=O)OCC)NC(=O)OC(C)(C)C. The largest absolute Gasteiger partial charge is 0.461 e. The molecule has 0 saturated carbocycles. The first-order valence-electron chi connectivity index (χ1n) is 7.09. The topological polar surface area (TPSA) is 90.9 Å². The van der Waals surface area contributed by atoms with E-state index in [2.05, 4.69) is 5.32 Å². The van der Waals surface area contributed by atoms with Crippen LogP contribution in [0.15, 0.2) is 11.8 Å². The number of carbonyl (C=O) groups is 2. The Morgan fingerprint density at radius 2 is 1.77 bits per heavy atom. The number of alkyl carbamates (subject to hydrolysis) is 1. The van der Waals surface area contributed by atoms with E-state index in [0.29, 0.717) is 6.61 Å². The molecule has 22 heavy (non-hydrogen) atoms. The van der Waals surface area contributed by atoms with Crippen LogP contribution >= 0.6 is 7.37 Å². The van der Waals surface area contributed by atoms with Gasteiger partial charge in [-0.1, -0.05) is 0 Å². The van der Waals surface area contributed by atoms with Crippen LogP contribution in [0.3, 0.4) is 0 Å². The average molecular weight is 335 g/mol. The van der Waals surface area contributed by atoms with Crippen molar-refractivity contribution in [1.29, 1.82) is 0 Å². The summed E-state index contributed by atoms with van der Waals surface area (Å²) in [6.07, 6.45) is 0.553. The number of ether oxygens (including phenoxy) is 2. The van der Waals surface area contributed by atoms with Crippen LogP contribution in [0.2, 0.25) is 0 Å². The van der Waals surface area contributed by atoms with Gasteiger partial charge in [0.15, 0.2) is 0 Å². The van der Waals surface area contributed by atoms with Gasteiger partial charge in [-0.2, -0.15) is 0 Å². The van der Waals surface area contributed by atoms with E-state index in [9.17, 15) is 14.2 Å². The molecule has 0 spiro atoms. The third-order valence-electron chi connectivity index (χ3n) is 2.16. The van der Waals surface area contributed by atoms with Gasteiger partial charge >= 0.3 is 12.1 Å². The quantitative estimate of drug-likeness (QED) is 0.437. The van der Waals surface area contributed by atoms with Crippen LogP contribution in [0.5, 0.6) is 0 Å². The Morgan fingerprint density at radius 1 is 1.18 bits per heavy atom. The molecule has 1 N–H and O–H groups in total. The highest BCUT2D eigenvalue weighted by Gasteiger charge is 2.22. The summed E-state index contributed by atoms with van der Waals surface area (Å²) in [6.45, 7) is 10.4. The van der Waals surface area contributed by atoms with Crippen molar-refractivity contribution in [3.05, 3.63) is 11.8 Å². The van der Waals surface area contributed by atoms with Gasteiger partial charge in [0.05, 0.1) is 13.2 Å². The Morgan fingerprint density at radius 3 is 2.23 bits per heavy atom. The summed E-state index contributed by atoms with van der Waals surface area (Å²) in [5.74, 6) is -0.718. The molecule has 0 fully saturated rings.